The Balaban J connectivity index is 1.74. The van der Waals surface area contributed by atoms with Gasteiger partial charge >= 0.3 is 0 Å². The Bertz CT molecular complexity index is 660. The van der Waals surface area contributed by atoms with Crippen LogP contribution in [0.4, 0.5) is 11.8 Å². The van der Waals surface area contributed by atoms with Crippen molar-refractivity contribution < 1.29 is 8.42 Å². The third-order valence-corrected chi connectivity index (χ3v) is 6.68. The Kier molecular flexibility index (Phi) is 5.19. The van der Waals surface area contributed by atoms with E-state index in [1.54, 1.807) is 6.20 Å². The number of hydrogen-bond acceptors (Lipinski definition) is 8. The van der Waals surface area contributed by atoms with Gasteiger partial charge in [-0.25, -0.2) is 8.42 Å². The SMILES string of the molecule is CCN1CCN(c2cnnc(N(CC)C3CCS(=O)(=O)C3)n2)CC1. The number of piperazine rings is 1. The Morgan fingerprint density at radius 1 is 1.25 bits per heavy atom. The normalized spacial score (nSPS) is 24.2. The van der Waals surface area contributed by atoms with Gasteiger partial charge in [-0.1, -0.05) is 6.92 Å². The molecule has 24 heavy (non-hydrogen) atoms. The molecule has 8 nitrogen and oxygen atoms in total. The summed E-state index contributed by atoms with van der Waals surface area (Å²) in [6.45, 7) is 9.82. The van der Waals surface area contributed by atoms with Crippen LogP contribution >= 0.6 is 0 Å². The minimum atomic E-state index is -2.93. The van der Waals surface area contributed by atoms with Crippen molar-refractivity contribution in [2.75, 3.05) is 60.6 Å². The molecule has 2 saturated heterocycles. The quantitative estimate of drug-likeness (QED) is 0.732. The van der Waals surface area contributed by atoms with Crippen LogP contribution in [-0.4, -0.2) is 85.3 Å². The molecule has 0 spiro atoms. The molecular weight excluding hydrogens is 328 g/mol. The maximum Gasteiger partial charge on any atom is 0.247 e. The first-order chi connectivity index (χ1) is 11.5. The molecule has 2 aliphatic rings. The van der Waals surface area contributed by atoms with Crippen LogP contribution in [-0.2, 0) is 9.84 Å². The van der Waals surface area contributed by atoms with Crippen molar-refractivity contribution >= 4 is 21.6 Å². The van der Waals surface area contributed by atoms with Gasteiger partial charge in [-0.05, 0) is 19.9 Å². The maximum atomic E-state index is 11.8. The number of likely N-dealkylation sites (N-methyl/N-ethyl adjacent to an activating group) is 1. The van der Waals surface area contributed by atoms with Gasteiger partial charge in [0, 0.05) is 38.8 Å². The number of rotatable bonds is 5. The van der Waals surface area contributed by atoms with Crippen LogP contribution in [0.1, 0.15) is 20.3 Å². The second kappa shape index (κ2) is 7.18. The summed E-state index contributed by atoms with van der Waals surface area (Å²) in [7, 11) is -2.93. The topological polar surface area (TPSA) is 82.5 Å². The van der Waals surface area contributed by atoms with Crippen molar-refractivity contribution in [3.63, 3.8) is 0 Å². The molecule has 0 bridgehead atoms. The van der Waals surface area contributed by atoms with Crippen LogP contribution in [0, 0.1) is 0 Å². The van der Waals surface area contributed by atoms with Crippen molar-refractivity contribution in [3.05, 3.63) is 6.20 Å². The van der Waals surface area contributed by atoms with E-state index in [0.717, 1.165) is 38.5 Å². The molecule has 0 radical (unpaired) electrons. The summed E-state index contributed by atoms with van der Waals surface area (Å²) in [6, 6.07) is -0.0472. The zero-order valence-electron chi connectivity index (χ0n) is 14.4. The minimum absolute atomic E-state index is 0.0472. The highest BCUT2D eigenvalue weighted by atomic mass is 32.2. The zero-order chi connectivity index (χ0) is 17.2. The zero-order valence-corrected chi connectivity index (χ0v) is 15.2. The molecule has 0 saturated carbocycles. The van der Waals surface area contributed by atoms with Crippen LogP contribution in [0.2, 0.25) is 0 Å². The summed E-state index contributed by atoms with van der Waals surface area (Å²) >= 11 is 0. The van der Waals surface area contributed by atoms with E-state index in [9.17, 15) is 8.42 Å². The van der Waals surface area contributed by atoms with E-state index in [4.69, 9.17) is 0 Å². The van der Waals surface area contributed by atoms with Gasteiger partial charge in [0.1, 0.15) is 0 Å². The van der Waals surface area contributed by atoms with Crippen LogP contribution in [0.15, 0.2) is 6.20 Å². The van der Waals surface area contributed by atoms with Gasteiger partial charge in [-0.15, -0.1) is 5.10 Å². The summed E-state index contributed by atoms with van der Waals surface area (Å²) < 4.78 is 23.5. The summed E-state index contributed by atoms with van der Waals surface area (Å²) in [5.41, 5.74) is 0. The molecule has 0 N–H and O–H groups in total. The largest absolute Gasteiger partial charge is 0.353 e. The van der Waals surface area contributed by atoms with E-state index in [1.165, 1.54) is 0 Å². The molecule has 3 rings (SSSR count). The third kappa shape index (κ3) is 3.77. The fourth-order valence-electron chi connectivity index (χ4n) is 3.44. The maximum absolute atomic E-state index is 11.8. The number of hydrogen-bond donors (Lipinski definition) is 0. The fraction of sp³-hybridized carbons (Fsp3) is 0.800. The molecule has 1 atom stereocenters. The van der Waals surface area contributed by atoms with Crippen molar-refractivity contribution in [1.29, 1.82) is 0 Å². The standard InChI is InChI=1S/C15H26N6O2S/c1-3-19-6-8-20(9-7-19)14-11-16-18-15(17-14)21(4-2)13-5-10-24(22,23)12-13/h11,13H,3-10,12H2,1-2H3. The van der Waals surface area contributed by atoms with E-state index in [1.807, 2.05) is 11.8 Å². The first-order valence-electron chi connectivity index (χ1n) is 8.66. The lowest BCUT2D eigenvalue weighted by Crippen LogP contribution is -2.46. The lowest BCUT2D eigenvalue weighted by Gasteiger charge is -2.35. The molecule has 1 aromatic heterocycles. The minimum Gasteiger partial charge on any atom is -0.353 e. The van der Waals surface area contributed by atoms with Gasteiger partial charge in [0.05, 0.1) is 17.7 Å². The predicted octanol–water partition coefficient (Wildman–Crippen LogP) is 0.0269. The van der Waals surface area contributed by atoms with Crippen LogP contribution in [0.5, 0.6) is 0 Å². The fourth-order valence-corrected chi connectivity index (χ4v) is 5.17. The highest BCUT2D eigenvalue weighted by molar-refractivity contribution is 7.91. The Labute approximate surface area is 143 Å². The molecule has 0 aromatic carbocycles. The molecule has 2 fully saturated rings. The number of nitrogens with zero attached hydrogens (tertiary/aromatic N) is 6. The molecule has 3 heterocycles. The third-order valence-electron chi connectivity index (χ3n) is 4.93. The van der Waals surface area contributed by atoms with Gasteiger partial charge < -0.3 is 14.7 Å². The highest BCUT2D eigenvalue weighted by Crippen LogP contribution is 2.23. The van der Waals surface area contributed by atoms with Gasteiger partial charge in [0.25, 0.3) is 0 Å². The van der Waals surface area contributed by atoms with Crippen molar-refractivity contribution in [1.82, 2.24) is 20.1 Å². The Morgan fingerprint density at radius 3 is 2.58 bits per heavy atom. The van der Waals surface area contributed by atoms with E-state index in [0.29, 0.717) is 18.9 Å². The van der Waals surface area contributed by atoms with E-state index < -0.39 is 9.84 Å². The summed E-state index contributed by atoms with van der Waals surface area (Å²) in [5, 5.41) is 8.28. The monoisotopic (exact) mass is 354 g/mol. The second-order valence-electron chi connectivity index (χ2n) is 6.38. The van der Waals surface area contributed by atoms with Crippen LogP contribution in [0.3, 0.4) is 0 Å². The van der Waals surface area contributed by atoms with Crippen molar-refractivity contribution in [3.8, 4) is 0 Å². The van der Waals surface area contributed by atoms with Gasteiger partial charge in [0.2, 0.25) is 5.95 Å². The molecule has 2 aliphatic heterocycles. The molecule has 1 aromatic rings. The summed E-state index contributed by atoms with van der Waals surface area (Å²) in [4.78, 5) is 11.3. The summed E-state index contributed by atoms with van der Waals surface area (Å²) in [6.07, 6.45) is 2.34. The van der Waals surface area contributed by atoms with Gasteiger partial charge in [0.15, 0.2) is 15.7 Å². The first kappa shape index (κ1) is 17.3. The lowest BCUT2D eigenvalue weighted by molar-refractivity contribution is 0.270. The Hall–Kier alpha value is -1.48. The smallest absolute Gasteiger partial charge is 0.247 e. The predicted molar refractivity (Wildman–Crippen MR) is 94.2 cm³/mol. The first-order valence-corrected chi connectivity index (χ1v) is 10.5. The molecule has 1 unspecified atom stereocenters. The molecule has 134 valence electrons. The van der Waals surface area contributed by atoms with Crippen molar-refractivity contribution in [2.24, 2.45) is 0 Å². The van der Waals surface area contributed by atoms with Crippen LogP contribution in [0.25, 0.3) is 0 Å². The van der Waals surface area contributed by atoms with E-state index in [2.05, 4.69) is 31.9 Å². The molecule has 0 amide bonds. The van der Waals surface area contributed by atoms with Gasteiger partial charge in [-0.3, -0.25) is 0 Å². The molecule has 9 heteroatoms. The van der Waals surface area contributed by atoms with Crippen LogP contribution < -0.4 is 9.80 Å². The number of aromatic nitrogens is 3. The number of sulfone groups is 1. The lowest BCUT2D eigenvalue weighted by atomic mass is 10.2. The highest BCUT2D eigenvalue weighted by Gasteiger charge is 2.33. The Morgan fingerprint density at radius 2 is 2.00 bits per heavy atom. The average molecular weight is 354 g/mol. The molecular formula is C15H26N6O2S. The van der Waals surface area contributed by atoms with E-state index >= 15 is 0 Å². The average Bonchev–Trinajstić information content (AvgIpc) is 2.95. The molecule has 0 aliphatic carbocycles. The second-order valence-corrected chi connectivity index (χ2v) is 8.61. The van der Waals surface area contributed by atoms with Gasteiger partial charge in [-0.2, -0.15) is 10.1 Å². The number of anilines is 2. The van der Waals surface area contributed by atoms with Crippen molar-refractivity contribution in [2.45, 2.75) is 26.3 Å². The summed E-state index contributed by atoms with van der Waals surface area (Å²) in [5.74, 6) is 1.80. The van der Waals surface area contributed by atoms with E-state index in [-0.39, 0.29) is 17.5 Å².